The van der Waals surface area contributed by atoms with Crippen LogP contribution in [0, 0.1) is 18.7 Å². The number of aromatic nitrogens is 1. The Bertz CT molecular complexity index is 964. The van der Waals surface area contributed by atoms with E-state index in [1.165, 1.54) is 23.5 Å². The van der Waals surface area contributed by atoms with Crippen molar-refractivity contribution in [3.8, 4) is 10.6 Å². The summed E-state index contributed by atoms with van der Waals surface area (Å²) in [5.74, 6) is -2.42. The summed E-state index contributed by atoms with van der Waals surface area (Å²) in [6.07, 6.45) is 0.215. The maximum Gasteiger partial charge on any atom is 0.307 e. The highest BCUT2D eigenvalue weighted by molar-refractivity contribution is 7.13. The molecule has 0 radical (unpaired) electrons. The van der Waals surface area contributed by atoms with Gasteiger partial charge >= 0.3 is 5.97 Å². The van der Waals surface area contributed by atoms with Crippen LogP contribution in [0.1, 0.15) is 23.2 Å². The molecule has 1 heterocycles. The molecular formula is C22H20FNO3S. The van der Waals surface area contributed by atoms with Gasteiger partial charge in [0.25, 0.3) is 0 Å². The molecule has 144 valence electrons. The van der Waals surface area contributed by atoms with E-state index < -0.39 is 11.9 Å². The van der Waals surface area contributed by atoms with Crippen molar-refractivity contribution in [2.45, 2.75) is 26.2 Å². The molecule has 1 N–H and O–H groups in total. The lowest BCUT2D eigenvalue weighted by atomic mass is 9.93. The van der Waals surface area contributed by atoms with E-state index in [0.29, 0.717) is 11.3 Å². The summed E-state index contributed by atoms with van der Waals surface area (Å²) < 4.78 is 13.0. The fourth-order valence-corrected chi connectivity index (χ4v) is 3.74. The number of aryl methyl sites for hydroxylation is 1. The van der Waals surface area contributed by atoms with E-state index in [1.807, 2.05) is 36.6 Å². The molecule has 0 aliphatic carbocycles. The van der Waals surface area contributed by atoms with Gasteiger partial charge < -0.3 is 5.11 Å². The number of thiazole rings is 1. The number of carboxylic acids is 1. The highest BCUT2D eigenvalue weighted by atomic mass is 32.1. The monoisotopic (exact) mass is 397 g/mol. The Balaban J connectivity index is 1.62. The van der Waals surface area contributed by atoms with Crippen molar-refractivity contribution in [2.75, 3.05) is 0 Å². The van der Waals surface area contributed by atoms with Crippen LogP contribution in [0.15, 0.2) is 53.9 Å². The average Bonchev–Trinajstić information content (AvgIpc) is 3.11. The van der Waals surface area contributed by atoms with Gasteiger partial charge in [0.15, 0.2) is 0 Å². The smallest absolute Gasteiger partial charge is 0.307 e. The minimum atomic E-state index is -1.03. The number of ketones is 1. The standard InChI is InChI=1S/C22H20FNO3S/c1-14-2-6-16(7-3-14)21-24-19(13-28-21)12-20(25)11-17(22(26)27)10-15-4-8-18(23)9-5-15/h2-9,13,17H,10-12H2,1H3,(H,26,27). The van der Waals surface area contributed by atoms with Gasteiger partial charge in [0.1, 0.15) is 16.6 Å². The predicted octanol–water partition coefficient (Wildman–Crippen LogP) is 4.70. The molecular weight excluding hydrogens is 377 g/mol. The van der Waals surface area contributed by atoms with Crippen molar-refractivity contribution in [1.82, 2.24) is 4.98 Å². The van der Waals surface area contributed by atoms with Gasteiger partial charge in [0.2, 0.25) is 0 Å². The molecule has 0 aliphatic heterocycles. The number of carbonyl (C=O) groups is 2. The number of nitrogens with zero attached hydrogens (tertiary/aromatic N) is 1. The van der Waals surface area contributed by atoms with E-state index in [2.05, 4.69) is 4.98 Å². The summed E-state index contributed by atoms with van der Waals surface area (Å²) >= 11 is 1.46. The molecule has 0 aliphatic rings. The van der Waals surface area contributed by atoms with Crippen molar-refractivity contribution >= 4 is 23.1 Å². The van der Waals surface area contributed by atoms with Gasteiger partial charge in [-0.1, -0.05) is 42.0 Å². The Morgan fingerprint density at radius 3 is 2.43 bits per heavy atom. The molecule has 0 bridgehead atoms. The average molecular weight is 397 g/mol. The Kier molecular flexibility index (Phi) is 6.31. The van der Waals surface area contributed by atoms with Crippen LogP contribution in [0.3, 0.4) is 0 Å². The summed E-state index contributed by atoms with van der Waals surface area (Å²) in [6, 6.07) is 13.7. The molecule has 6 heteroatoms. The number of rotatable bonds is 8. The van der Waals surface area contributed by atoms with Gasteiger partial charge in [-0.15, -0.1) is 11.3 Å². The van der Waals surface area contributed by atoms with Gasteiger partial charge in [-0.05, 0) is 31.0 Å². The lowest BCUT2D eigenvalue weighted by molar-refractivity contribution is -0.143. The fourth-order valence-electron chi connectivity index (χ4n) is 2.92. The molecule has 2 aromatic carbocycles. The molecule has 0 saturated heterocycles. The molecule has 0 fully saturated rings. The summed E-state index contributed by atoms with van der Waals surface area (Å²) in [4.78, 5) is 28.4. The number of hydrogen-bond acceptors (Lipinski definition) is 4. The summed E-state index contributed by atoms with van der Waals surface area (Å²) in [6.45, 7) is 2.01. The molecule has 1 aromatic heterocycles. The number of aliphatic carboxylic acids is 1. The molecule has 0 amide bonds. The first kappa shape index (κ1) is 19.9. The Labute approximate surface area is 166 Å². The lowest BCUT2D eigenvalue weighted by Gasteiger charge is -2.11. The minimum absolute atomic E-state index is 0.0793. The van der Waals surface area contributed by atoms with Crippen LogP contribution < -0.4 is 0 Å². The van der Waals surface area contributed by atoms with E-state index in [0.717, 1.165) is 16.1 Å². The van der Waals surface area contributed by atoms with Gasteiger partial charge in [-0.25, -0.2) is 9.37 Å². The Morgan fingerprint density at radius 1 is 1.11 bits per heavy atom. The third-order valence-electron chi connectivity index (χ3n) is 4.45. The van der Waals surface area contributed by atoms with Crippen molar-refractivity contribution in [1.29, 1.82) is 0 Å². The third-order valence-corrected chi connectivity index (χ3v) is 5.39. The zero-order valence-electron chi connectivity index (χ0n) is 15.4. The molecule has 1 unspecified atom stereocenters. The van der Waals surface area contributed by atoms with E-state index in [9.17, 15) is 19.1 Å². The largest absolute Gasteiger partial charge is 0.481 e. The quantitative estimate of drug-likeness (QED) is 0.598. The lowest BCUT2D eigenvalue weighted by Crippen LogP contribution is -2.21. The van der Waals surface area contributed by atoms with Crippen LogP contribution in [0.5, 0.6) is 0 Å². The second kappa shape index (κ2) is 8.89. The second-order valence-electron chi connectivity index (χ2n) is 6.80. The van der Waals surface area contributed by atoms with Crippen LogP contribution in [0.25, 0.3) is 10.6 Å². The fraction of sp³-hybridized carbons (Fsp3) is 0.227. The van der Waals surface area contributed by atoms with Crippen LogP contribution in [-0.4, -0.2) is 21.8 Å². The molecule has 1 atom stereocenters. The zero-order valence-corrected chi connectivity index (χ0v) is 16.2. The van der Waals surface area contributed by atoms with E-state index in [4.69, 9.17) is 0 Å². The Hall–Kier alpha value is -2.86. The highest BCUT2D eigenvalue weighted by Crippen LogP contribution is 2.25. The van der Waals surface area contributed by atoms with Crippen LogP contribution in [0.2, 0.25) is 0 Å². The predicted molar refractivity (Wildman–Crippen MR) is 107 cm³/mol. The van der Waals surface area contributed by atoms with Crippen molar-refractivity contribution in [3.05, 3.63) is 76.5 Å². The van der Waals surface area contributed by atoms with Gasteiger partial charge in [0, 0.05) is 23.8 Å². The molecule has 4 nitrogen and oxygen atoms in total. The Morgan fingerprint density at radius 2 is 1.79 bits per heavy atom. The number of halogens is 1. The molecule has 3 aromatic rings. The van der Waals surface area contributed by atoms with E-state index in [-0.39, 0.29) is 30.9 Å². The first-order valence-electron chi connectivity index (χ1n) is 8.91. The molecule has 3 rings (SSSR count). The first-order valence-corrected chi connectivity index (χ1v) is 9.79. The summed E-state index contributed by atoms with van der Waals surface area (Å²) in [5.41, 5.74) is 3.50. The maximum absolute atomic E-state index is 13.0. The zero-order chi connectivity index (χ0) is 20.1. The number of carboxylic acid groups (broad SMARTS) is 1. The van der Waals surface area contributed by atoms with Crippen LogP contribution >= 0.6 is 11.3 Å². The maximum atomic E-state index is 13.0. The number of hydrogen-bond donors (Lipinski definition) is 1. The molecule has 28 heavy (non-hydrogen) atoms. The van der Waals surface area contributed by atoms with E-state index in [1.54, 1.807) is 12.1 Å². The van der Waals surface area contributed by atoms with Crippen LogP contribution in [-0.2, 0) is 22.4 Å². The third kappa shape index (κ3) is 5.33. The number of Topliss-reactive ketones (excluding diaryl/α,β-unsaturated/α-hetero) is 1. The first-order chi connectivity index (χ1) is 13.4. The van der Waals surface area contributed by atoms with Crippen molar-refractivity contribution < 1.29 is 19.1 Å². The topological polar surface area (TPSA) is 67.3 Å². The van der Waals surface area contributed by atoms with Gasteiger partial charge in [0.05, 0.1) is 11.6 Å². The van der Waals surface area contributed by atoms with Gasteiger partial charge in [-0.3, -0.25) is 9.59 Å². The highest BCUT2D eigenvalue weighted by Gasteiger charge is 2.22. The second-order valence-corrected chi connectivity index (χ2v) is 7.65. The van der Waals surface area contributed by atoms with Crippen molar-refractivity contribution in [3.63, 3.8) is 0 Å². The van der Waals surface area contributed by atoms with Gasteiger partial charge in [-0.2, -0.15) is 0 Å². The number of carbonyl (C=O) groups excluding carboxylic acids is 1. The molecule has 0 saturated carbocycles. The van der Waals surface area contributed by atoms with Crippen molar-refractivity contribution in [2.24, 2.45) is 5.92 Å². The SMILES string of the molecule is Cc1ccc(-c2nc(CC(=O)CC(Cc3ccc(F)cc3)C(=O)O)cs2)cc1. The number of benzene rings is 2. The van der Waals surface area contributed by atoms with Crippen LogP contribution in [0.4, 0.5) is 4.39 Å². The summed E-state index contributed by atoms with van der Waals surface area (Å²) in [5, 5.41) is 12.1. The summed E-state index contributed by atoms with van der Waals surface area (Å²) in [7, 11) is 0. The molecule has 0 spiro atoms. The minimum Gasteiger partial charge on any atom is -0.481 e. The normalized spacial score (nSPS) is 11.9. The van der Waals surface area contributed by atoms with E-state index >= 15 is 0 Å².